The van der Waals surface area contributed by atoms with Crippen molar-refractivity contribution in [3.63, 3.8) is 0 Å². The van der Waals surface area contributed by atoms with Gasteiger partial charge in [-0.1, -0.05) is 23.4 Å². The molecule has 112 valence electrons. The van der Waals surface area contributed by atoms with E-state index in [0.717, 1.165) is 5.56 Å². The Morgan fingerprint density at radius 3 is 2.59 bits per heavy atom. The minimum atomic E-state index is -1.10. The molecule has 8 heteroatoms. The Kier molecular flexibility index (Phi) is 4.17. The van der Waals surface area contributed by atoms with Gasteiger partial charge in [-0.2, -0.15) is 0 Å². The number of nitrogens with zero attached hydrogens (tertiary/aromatic N) is 2. The van der Waals surface area contributed by atoms with Crippen molar-refractivity contribution in [2.45, 2.75) is 11.0 Å². The molecule has 3 aromatic rings. The minimum absolute atomic E-state index is 0.0945. The lowest BCUT2D eigenvalue weighted by Crippen LogP contribution is -1.91. The number of hydrogen-bond acceptors (Lipinski definition) is 6. The number of benzene rings is 1. The largest absolute Gasteiger partial charge is 0.475 e. The van der Waals surface area contributed by atoms with Crippen LogP contribution in [-0.4, -0.2) is 21.3 Å². The Bertz CT molecular complexity index is 797. The average molecular weight is 337 g/mol. The highest BCUT2D eigenvalue weighted by Crippen LogP contribution is 2.27. The van der Waals surface area contributed by atoms with Gasteiger partial charge in [-0.3, -0.25) is 0 Å². The van der Waals surface area contributed by atoms with Gasteiger partial charge in [0.25, 0.3) is 5.22 Å². The van der Waals surface area contributed by atoms with Gasteiger partial charge in [-0.25, -0.2) is 4.79 Å². The van der Waals surface area contributed by atoms with Crippen molar-refractivity contribution < 1.29 is 18.7 Å². The zero-order valence-electron chi connectivity index (χ0n) is 11.0. The second-order valence-corrected chi connectivity index (χ2v) is 5.60. The molecule has 0 aliphatic carbocycles. The molecule has 0 fully saturated rings. The van der Waals surface area contributed by atoms with E-state index >= 15 is 0 Å². The molecule has 2 heterocycles. The molecule has 22 heavy (non-hydrogen) atoms. The van der Waals surface area contributed by atoms with Crippen LogP contribution in [0.1, 0.15) is 16.3 Å². The highest BCUT2D eigenvalue weighted by atomic mass is 35.5. The van der Waals surface area contributed by atoms with Crippen LogP contribution in [-0.2, 0) is 5.75 Å². The molecule has 0 unspecified atom stereocenters. The van der Waals surface area contributed by atoms with Crippen molar-refractivity contribution in [2.75, 3.05) is 0 Å². The molecule has 2 aromatic heterocycles. The summed E-state index contributed by atoms with van der Waals surface area (Å²) in [7, 11) is 0. The molecule has 0 spiro atoms. The van der Waals surface area contributed by atoms with Crippen LogP contribution in [0.3, 0.4) is 0 Å². The molecule has 3 rings (SSSR count). The minimum Gasteiger partial charge on any atom is -0.475 e. The molecule has 0 radical (unpaired) electrons. The fourth-order valence-corrected chi connectivity index (χ4v) is 2.46. The number of aromatic nitrogens is 2. The number of furan rings is 1. The molecular weight excluding hydrogens is 328 g/mol. The van der Waals surface area contributed by atoms with Gasteiger partial charge >= 0.3 is 5.97 Å². The molecule has 6 nitrogen and oxygen atoms in total. The lowest BCUT2D eigenvalue weighted by atomic mass is 10.2. The van der Waals surface area contributed by atoms with E-state index in [-0.39, 0.29) is 5.76 Å². The van der Waals surface area contributed by atoms with Gasteiger partial charge in [0.15, 0.2) is 0 Å². The second kappa shape index (κ2) is 6.25. The Hall–Kier alpha value is -2.25. The van der Waals surface area contributed by atoms with Gasteiger partial charge in [-0.15, -0.1) is 10.2 Å². The lowest BCUT2D eigenvalue weighted by molar-refractivity contribution is 0.0661. The van der Waals surface area contributed by atoms with Crippen LogP contribution in [0.5, 0.6) is 0 Å². The summed E-state index contributed by atoms with van der Waals surface area (Å²) in [6.45, 7) is 0. The molecule has 0 aliphatic rings. The van der Waals surface area contributed by atoms with Crippen LogP contribution in [0.25, 0.3) is 11.5 Å². The van der Waals surface area contributed by atoms with Crippen molar-refractivity contribution in [3.8, 4) is 11.5 Å². The predicted octanol–water partition coefficient (Wildman–Crippen LogP) is 3.97. The van der Waals surface area contributed by atoms with Crippen molar-refractivity contribution >= 4 is 29.3 Å². The molecule has 0 saturated heterocycles. The highest BCUT2D eigenvalue weighted by Gasteiger charge is 2.12. The van der Waals surface area contributed by atoms with Crippen LogP contribution < -0.4 is 0 Å². The SMILES string of the molecule is O=C(O)c1ccc(CSc2nnc(-c3ccc(Cl)cc3)o2)o1. The van der Waals surface area contributed by atoms with Crippen LogP contribution >= 0.6 is 23.4 Å². The Morgan fingerprint density at radius 1 is 1.14 bits per heavy atom. The van der Waals surface area contributed by atoms with Crippen LogP contribution in [0.2, 0.25) is 5.02 Å². The Labute approximate surface area is 134 Å². The normalized spacial score (nSPS) is 10.8. The summed E-state index contributed by atoms with van der Waals surface area (Å²) in [5.41, 5.74) is 0.773. The fraction of sp³-hybridized carbons (Fsp3) is 0.0714. The molecule has 0 saturated carbocycles. The van der Waals surface area contributed by atoms with Crippen molar-refractivity contribution in [2.24, 2.45) is 0 Å². The van der Waals surface area contributed by atoms with Gasteiger partial charge < -0.3 is 13.9 Å². The third-order valence-corrected chi connectivity index (χ3v) is 3.80. The molecule has 1 N–H and O–H groups in total. The number of carboxylic acids is 1. The number of aromatic carboxylic acids is 1. The third-order valence-electron chi connectivity index (χ3n) is 2.71. The number of thioether (sulfide) groups is 1. The van der Waals surface area contributed by atoms with E-state index in [0.29, 0.717) is 27.6 Å². The zero-order valence-corrected chi connectivity index (χ0v) is 12.6. The highest BCUT2D eigenvalue weighted by molar-refractivity contribution is 7.98. The van der Waals surface area contributed by atoms with Gasteiger partial charge in [0.1, 0.15) is 5.76 Å². The van der Waals surface area contributed by atoms with Crippen molar-refractivity contribution in [1.82, 2.24) is 10.2 Å². The maximum Gasteiger partial charge on any atom is 0.371 e. The van der Waals surface area contributed by atoms with Crippen LogP contribution in [0.4, 0.5) is 0 Å². The smallest absolute Gasteiger partial charge is 0.371 e. The summed E-state index contributed by atoms with van der Waals surface area (Å²) in [6, 6.07) is 10.1. The summed E-state index contributed by atoms with van der Waals surface area (Å²) < 4.78 is 10.7. The Morgan fingerprint density at radius 2 is 1.91 bits per heavy atom. The number of carbonyl (C=O) groups is 1. The first-order chi connectivity index (χ1) is 10.6. The summed E-state index contributed by atoms with van der Waals surface area (Å²) in [5.74, 6) is 0.121. The number of hydrogen-bond donors (Lipinski definition) is 1. The molecule has 1 aromatic carbocycles. The Balaban J connectivity index is 1.66. The van der Waals surface area contributed by atoms with Gasteiger partial charge in [-0.05, 0) is 36.4 Å². The second-order valence-electron chi connectivity index (χ2n) is 4.24. The maximum atomic E-state index is 10.7. The first-order valence-electron chi connectivity index (χ1n) is 6.16. The van der Waals surface area contributed by atoms with E-state index in [9.17, 15) is 4.79 Å². The third kappa shape index (κ3) is 3.32. The molecule has 0 amide bonds. The van der Waals surface area contributed by atoms with Gasteiger partial charge in [0.05, 0.1) is 5.75 Å². The van der Waals surface area contributed by atoms with Gasteiger partial charge in [0, 0.05) is 10.6 Å². The summed E-state index contributed by atoms with van der Waals surface area (Å²) in [4.78, 5) is 10.7. The quantitative estimate of drug-likeness (QED) is 0.705. The predicted molar refractivity (Wildman–Crippen MR) is 80.0 cm³/mol. The first-order valence-corrected chi connectivity index (χ1v) is 7.52. The lowest BCUT2D eigenvalue weighted by Gasteiger charge is -1.95. The molecule has 0 atom stereocenters. The van der Waals surface area contributed by atoms with Gasteiger partial charge in [0.2, 0.25) is 11.7 Å². The zero-order chi connectivity index (χ0) is 15.5. The summed E-state index contributed by atoms with van der Waals surface area (Å²) in [5, 5.41) is 17.7. The monoisotopic (exact) mass is 336 g/mol. The molecule has 0 aliphatic heterocycles. The summed E-state index contributed by atoms with van der Waals surface area (Å²) >= 11 is 7.09. The maximum absolute atomic E-state index is 10.7. The fourth-order valence-electron chi connectivity index (χ4n) is 1.68. The number of carboxylic acid groups (broad SMARTS) is 1. The molecular formula is C14H9ClN2O4S. The number of halogens is 1. The van der Waals surface area contributed by atoms with E-state index < -0.39 is 5.97 Å². The van der Waals surface area contributed by atoms with Crippen molar-refractivity contribution in [3.05, 3.63) is 52.9 Å². The van der Waals surface area contributed by atoms with E-state index in [2.05, 4.69) is 10.2 Å². The topological polar surface area (TPSA) is 89.4 Å². The van der Waals surface area contributed by atoms with E-state index in [1.807, 2.05) is 0 Å². The van der Waals surface area contributed by atoms with E-state index in [1.165, 1.54) is 17.8 Å². The average Bonchev–Trinajstić information content (AvgIpc) is 3.15. The molecule has 0 bridgehead atoms. The van der Waals surface area contributed by atoms with Crippen molar-refractivity contribution in [1.29, 1.82) is 0 Å². The van der Waals surface area contributed by atoms with E-state index in [4.69, 9.17) is 25.5 Å². The summed E-state index contributed by atoms with van der Waals surface area (Å²) in [6.07, 6.45) is 0. The number of rotatable bonds is 5. The van der Waals surface area contributed by atoms with Crippen LogP contribution in [0, 0.1) is 0 Å². The standard InChI is InChI=1S/C14H9ClN2O4S/c15-9-3-1-8(2-4-9)12-16-17-14(21-12)22-7-10-5-6-11(20-10)13(18)19/h1-6H,7H2,(H,18,19). The first kappa shape index (κ1) is 14.7. The van der Waals surface area contributed by atoms with E-state index in [1.54, 1.807) is 30.3 Å². The van der Waals surface area contributed by atoms with Crippen LogP contribution in [0.15, 0.2) is 50.5 Å².